The van der Waals surface area contributed by atoms with Crippen molar-refractivity contribution >= 4 is 39.0 Å². The van der Waals surface area contributed by atoms with Gasteiger partial charge < -0.3 is 10.2 Å². The predicted molar refractivity (Wildman–Crippen MR) is 115 cm³/mol. The van der Waals surface area contributed by atoms with Crippen LogP contribution in [0.2, 0.25) is 5.02 Å². The molecule has 0 saturated carbocycles. The molecule has 0 bridgehead atoms. The second-order valence-corrected chi connectivity index (χ2v) is 9.46. The van der Waals surface area contributed by atoms with Gasteiger partial charge in [0, 0.05) is 24.8 Å². The molecule has 0 atom stereocenters. The molecular formula is C19H26ClN5O3S. The van der Waals surface area contributed by atoms with E-state index < -0.39 is 21.2 Å². The van der Waals surface area contributed by atoms with Gasteiger partial charge in [-0.2, -0.15) is 8.42 Å². The molecule has 0 unspecified atom stereocenters. The van der Waals surface area contributed by atoms with E-state index in [2.05, 4.69) is 15.3 Å². The summed E-state index contributed by atoms with van der Waals surface area (Å²) in [6.07, 6.45) is 2.73. The third-order valence-corrected chi connectivity index (χ3v) is 5.61. The maximum Gasteiger partial charge on any atom is 0.333 e. The lowest BCUT2D eigenvalue weighted by atomic mass is 9.92. The fourth-order valence-electron chi connectivity index (χ4n) is 2.69. The average molecular weight is 440 g/mol. The quantitative estimate of drug-likeness (QED) is 0.660. The topological polar surface area (TPSA) is 104 Å². The molecular weight excluding hydrogens is 414 g/mol. The number of sulfonamides is 1. The van der Waals surface area contributed by atoms with Crippen LogP contribution in [0.3, 0.4) is 0 Å². The molecule has 158 valence electrons. The van der Waals surface area contributed by atoms with Crippen LogP contribution in [0, 0.1) is 0 Å². The molecule has 0 fully saturated rings. The van der Waals surface area contributed by atoms with Gasteiger partial charge in [-0.3, -0.25) is 0 Å². The first-order chi connectivity index (χ1) is 13.4. The van der Waals surface area contributed by atoms with E-state index in [1.165, 1.54) is 12.4 Å². The van der Waals surface area contributed by atoms with E-state index in [-0.39, 0.29) is 11.8 Å². The lowest BCUT2D eigenvalue weighted by Crippen LogP contribution is -2.36. The standard InChI is InChI=1S/C19H26ClN5O3S/c1-11(2)15-7-13(20)8-16(12(3)4)17(15)23-18(26)24-29(27,28)19-21-9-14(10-22-19)25(5)6/h7-12H,1-6H3,(H2,23,24,26). The Hall–Kier alpha value is -2.39. The predicted octanol–water partition coefficient (Wildman–Crippen LogP) is 3.95. The number of benzene rings is 1. The molecule has 0 aliphatic carbocycles. The smallest absolute Gasteiger partial charge is 0.333 e. The van der Waals surface area contributed by atoms with E-state index >= 15 is 0 Å². The number of nitrogens with zero attached hydrogens (tertiary/aromatic N) is 3. The molecule has 0 radical (unpaired) electrons. The van der Waals surface area contributed by atoms with E-state index in [1.807, 2.05) is 32.4 Å². The van der Waals surface area contributed by atoms with Crippen LogP contribution in [0.1, 0.15) is 50.7 Å². The summed E-state index contributed by atoms with van der Waals surface area (Å²) in [4.78, 5) is 21.9. The lowest BCUT2D eigenvalue weighted by Gasteiger charge is -2.21. The summed E-state index contributed by atoms with van der Waals surface area (Å²) in [6, 6.07) is 2.65. The highest BCUT2D eigenvalue weighted by atomic mass is 35.5. The van der Waals surface area contributed by atoms with Crippen LogP contribution in [0.4, 0.5) is 16.2 Å². The third-order valence-electron chi connectivity index (χ3n) is 4.25. The van der Waals surface area contributed by atoms with Crippen LogP contribution >= 0.6 is 11.6 Å². The van der Waals surface area contributed by atoms with E-state index in [4.69, 9.17) is 11.6 Å². The molecule has 0 saturated heterocycles. The van der Waals surface area contributed by atoms with Crippen LogP contribution in [-0.4, -0.2) is 38.5 Å². The van der Waals surface area contributed by atoms with Crippen molar-refractivity contribution in [3.8, 4) is 0 Å². The van der Waals surface area contributed by atoms with Crippen molar-refractivity contribution in [3.05, 3.63) is 40.7 Å². The van der Waals surface area contributed by atoms with Crippen LogP contribution in [0.15, 0.2) is 29.7 Å². The molecule has 1 aromatic heterocycles. The molecule has 2 amide bonds. The molecule has 2 aromatic rings. The van der Waals surface area contributed by atoms with Gasteiger partial charge in [0.1, 0.15) is 0 Å². The molecule has 1 heterocycles. The number of nitrogens with one attached hydrogen (secondary N) is 2. The maximum atomic E-state index is 12.5. The van der Waals surface area contributed by atoms with Crippen molar-refractivity contribution < 1.29 is 13.2 Å². The Balaban J connectivity index is 2.30. The number of carbonyl (C=O) groups excluding carboxylic acids is 1. The fraction of sp³-hybridized carbons (Fsp3) is 0.421. The number of hydrogen-bond donors (Lipinski definition) is 2. The Morgan fingerprint density at radius 1 is 1.03 bits per heavy atom. The summed E-state index contributed by atoms with van der Waals surface area (Å²) >= 11 is 6.22. The zero-order valence-electron chi connectivity index (χ0n) is 17.3. The fourth-order valence-corrected chi connectivity index (χ4v) is 3.70. The van der Waals surface area contributed by atoms with Crippen molar-refractivity contribution in [3.63, 3.8) is 0 Å². The first-order valence-electron chi connectivity index (χ1n) is 9.09. The molecule has 10 heteroatoms. The molecule has 0 aliphatic heterocycles. The van der Waals surface area contributed by atoms with Gasteiger partial charge in [-0.1, -0.05) is 39.3 Å². The number of amides is 2. The van der Waals surface area contributed by atoms with Crippen molar-refractivity contribution in [2.75, 3.05) is 24.3 Å². The molecule has 0 spiro atoms. The first-order valence-corrected chi connectivity index (χ1v) is 10.9. The van der Waals surface area contributed by atoms with E-state index in [9.17, 15) is 13.2 Å². The molecule has 0 aliphatic rings. The van der Waals surface area contributed by atoms with Crippen LogP contribution in [0.5, 0.6) is 0 Å². The average Bonchev–Trinajstić information content (AvgIpc) is 2.62. The number of hydrogen-bond acceptors (Lipinski definition) is 6. The molecule has 8 nitrogen and oxygen atoms in total. The zero-order valence-corrected chi connectivity index (χ0v) is 18.9. The Kier molecular flexibility index (Phi) is 7.07. The van der Waals surface area contributed by atoms with Gasteiger partial charge in [-0.05, 0) is 35.1 Å². The van der Waals surface area contributed by atoms with Crippen molar-refractivity contribution in [1.82, 2.24) is 14.7 Å². The van der Waals surface area contributed by atoms with Gasteiger partial charge in [0.25, 0.3) is 5.16 Å². The van der Waals surface area contributed by atoms with Crippen molar-refractivity contribution in [2.24, 2.45) is 0 Å². The third kappa shape index (κ3) is 5.57. The number of aromatic nitrogens is 2. The molecule has 2 N–H and O–H groups in total. The van der Waals surface area contributed by atoms with Crippen LogP contribution in [0.25, 0.3) is 0 Å². The lowest BCUT2D eigenvalue weighted by molar-refractivity contribution is 0.256. The van der Waals surface area contributed by atoms with Gasteiger partial charge in [0.15, 0.2) is 0 Å². The van der Waals surface area contributed by atoms with Gasteiger partial charge in [0.2, 0.25) is 0 Å². The van der Waals surface area contributed by atoms with Crippen molar-refractivity contribution in [2.45, 2.75) is 44.7 Å². The number of urea groups is 1. The monoisotopic (exact) mass is 439 g/mol. The van der Waals surface area contributed by atoms with Gasteiger partial charge in [-0.15, -0.1) is 0 Å². The minimum absolute atomic E-state index is 0.0695. The number of anilines is 2. The van der Waals surface area contributed by atoms with E-state index in [1.54, 1.807) is 31.1 Å². The highest BCUT2D eigenvalue weighted by Crippen LogP contribution is 2.35. The number of rotatable bonds is 6. The Morgan fingerprint density at radius 2 is 1.52 bits per heavy atom. The largest absolute Gasteiger partial charge is 0.375 e. The summed E-state index contributed by atoms with van der Waals surface area (Å²) in [5.41, 5.74) is 2.83. The summed E-state index contributed by atoms with van der Waals surface area (Å²) in [7, 11) is -0.663. The Labute approximate surface area is 176 Å². The van der Waals surface area contributed by atoms with Crippen LogP contribution < -0.4 is 14.9 Å². The molecule has 2 rings (SSSR count). The zero-order chi connectivity index (χ0) is 21.9. The van der Waals surface area contributed by atoms with Crippen LogP contribution in [-0.2, 0) is 10.0 Å². The first kappa shape index (κ1) is 22.9. The minimum atomic E-state index is -4.23. The Bertz CT molecular complexity index is 960. The van der Waals surface area contributed by atoms with Crippen molar-refractivity contribution in [1.29, 1.82) is 0 Å². The van der Waals surface area contributed by atoms with Gasteiger partial charge in [-0.25, -0.2) is 19.5 Å². The second-order valence-electron chi connectivity index (χ2n) is 7.45. The summed E-state index contributed by atoms with van der Waals surface area (Å²) in [5, 5.41) is 2.75. The SMILES string of the molecule is CC(C)c1cc(Cl)cc(C(C)C)c1NC(=O)NS(=O)(=O)c1ncc(N(C)C)cn1. The molecule has 29 heavy (non-hydrogen) atoms. The van der Waals surface area contributed by atoms with E-state index in [0.717, 1.165) is 11.1 Å². The summed E-state index contributed by atoms with van der Waals surface area (Å²) in [5.74, 6) is 0.139. The highest BCUT2D eigenvalue weighted by molar-refractivity contribution is 7.89. The highest BCUT2D eigenvalue weighted by Gasteiger charge is 2.23. The van der Waals surface area contributed by atoms with Gasteiger partial charge >= 0.3 is 16.1 Å². The minimum Gasteiger partial charge on any atom is -0.375 e. The normalized spacial score (nSPS) is 11.6. The second kappa shape index (κ2) is 8.96. The summed E-state index contributed by atoms with van der Waals surface area (Å²) < 4.78 is 26.9. The maximum absolute atomic E-state index is 12.5. The molecule has 1 aromatic carbocycles. The number of halogens is 1. The Morgan fingerprint density at radius 3 is 1.93 bits per heavy atom. The number of carbonyl (C=O) groups is 1. The van der Waals surface area contributed by atoms with Gasteiger partial charge in [0.05, 0.1) is 18.1 Å². The summed E-state index contributed by atoms with van der Waals surface area (Å²) in [6.45, 7) is 7.87. The van der Waals surface area contributed by atoms with E-state index in [0.29, 0.717) is 16.4 Å².